The second-order valence-electron chi connectivity index (χ2n) is 12.7. The van der Waals surface area contributed by atoms with Crippen molar-refractivity contribution in [3.05, 3.63) is 113 Å². The van der Waals surface area contributed by atoms with Crippen molar-refractivity contribution in [3.8, 4) is 17.2 Å². The van der Waals surface area contributed by atoms with Gasteiger partial charge in [0, 0.05) is 16.8 Å². The van der Waals surface area contributed by atoms with E-state index >= 15 is 0 Å². The lowest BCUT2D eigenvalue weighted by molar-refractivity contribution is 0.0696. The lowest BCUT2D eigenvalue weighted by atomic mass is 10.1. The molecule has 0 aliphatic rings. The molecule has 0 saturated carbocycles. The molecule has 0 saturated heterocycles. The Kier molecular flexibility index (Phi) is 11.4. The first-order chi connectivity index (χ1) is 28.6. The maximum Gasteiger partial charge on any atom is 0.335 e. The van der Waals surface area contributed by atoms with Gasteiger partial charge in [-0.2, -0.15) is 16.8 Å². The predicted molar refractivity (Wildman–Crippen MR) is 219 cm³/mol. The average Bonchev–Trinajstić information content (AvgIpc) is 3.80. The number of rotatable bonds is 14. The zero-order valence-electron chi connectivity index (χ0n) is 30.7. The molecule has 5 N–H and O–H groups in total. The Labute approximate surface area is 342 Å². The zero-order valence-corrected chi connectivity index (χ0v) is 33.2. The lowest BCUT2D eigenvalue weighted by Crippen LogP contribution is -2.14. The van der Waals surface area contributed by atoms with Gasteiger partial charge in [0.05, 0.1) is 45.7 Å². The summed E-state index contributed by atoms with van der Waals surface area (Å²) < 4.78 is 75.1. The number of H-pyrrole nitrogens is 1. The number of nitrogens with zero attached hydrogens (tertiary/aromatic N) is 8. The number of hydrogen-bond donors (Lipinski definition) is 5. The van der Waals surface area contributed by atoms with Crippen LogP contribution in [0.1, 0.15) is 22.3 Å². The van der Waals surface area contributed by atoms with Gasteiger partial charge in [-0.1, -0.05) is 35.6 Å². The minimum Gasteiger partial charge on any atom is -0.505 e. The van der Waals surface area contributed by atoms with Gasteiger partial charge in [-0.25, -0.2) is 14.5 Å². The first-order valence-corrected chi connectivity index (χ1v) is 21.2. The summed E-state index contributed by atoms with van der Waals surface area (Å²) >= 11 is 1.34. The van der Waals surface area contributed by atoms with Gasteiger partial charge in [-0.05, 0) is 73.5 Å². The summed E-state index contributed by atoms with van der Waals surface area (Å²) in [6.45, 7) is 1.57. The molecule has 0 bridgehead atoms. The van der Waals surface area contributed by atoms with E-state index in [4.69, 9.17) is 9.29 Å². The van der Waals surface area contributed by atoms with Crippen LogP contribution >= 0.6 is 11.3 Å². The molecule has 0 atom stereocenters. The summed E-state index contributed by atoms with van der Waals surface area (Å²) in [5.41, 5.74) is 0.401. The first-order valence-electron chi connectivity index (χ1n) is 17.3. The van der Waals surface area contributed by atoms with E-state index in [1.807, 2.05) is 24.3 Å². The number of carboxylic acid groups (broad SMARTS) is 1. The number of fused-ring (bicyclic) bond motifs is 2. The van der Waals surface area contributed by atoms with E-state index in [2.05, 4.69) is 40.8 Å². The maximum atomic E-state index is 13.0. The Balaban J connectivity index is 1.20. The molecule has 0 spiro atoms. The summed E-state index contributed by atoms with van der Waals surface area (Å²) in [6.07, 6.45) is 1.09. The number of aromatic nitrogens is 3. The summed E-state index contributed by atoms with van der Waals surface area (Å²) in [4.78, 5) is 28.1. The third-order valence-corrected chi connectivity index (χ3v) is 11.3. The number of benzene rings is 5. The van der Waals surface area contributed by atoms with Gasteiger partial charge >= 0.3 is 5.97 Å². The Morgan fingerprint density at radius 3 is 2.27 bits per heavy atom. The number of phenolic OH excluding ortho intramolecular Hbond substituents is 1. The molecule has 0 aliphatic heterocycles. The van der Waals surface area contributed by atoms with Crippen molar-refractivity contribution in [1.82, 2.24) is 14.8 Å². The van der Waals surface area contributed by atoms with Gasteiger partial charge in [0.15, 0.2) is 11.4 Å². The van der Waals surface area contributed by atoms with Crippen LogP contribution in [-0.4, -0.2) is 69.2 Å². The Morgan fingerprint density at radius 1 is 0.817 bits per heavy atom. The SMILES string of the molecule is Cc1cc(N=Nc2ccc3c(S(=O)(=O)O)c(N=Nc4c[nH]n(-c5cccc(C(=O)O)c5)c4=O)ccc3c2O)c(OCCCS(=O)(=O)O)cc1N=Nc1nc2ccccc2s1. The van der Waals surface area contributed by atoms with Gasteiger partial charge in [0.2, 0.25) is 5.13 Å². The van der Waals surface area contributed by atoms with Gasteiger partial charge in [-0.3, -0.25) is 19.0 Å². The number of hydrogen-bond acceptors (Lipinski definition) is 16. The molecule has 0 aliphatic carbocycles. The molecule has 60 heavy (non-hydrogen) atoms. The fraction of sp³-hybridized carbons (Fsp3) is 0.108. The number of thiazole rings is 1. The molecule has 7 rings (SSSR count). The minimum absolute atomic E-state index is 0.0682. The molecule has 2 aromatic heterocycles. The highest BCUT2D eigenvalue weighted by atomic mass is 32.2. The number of ether oxygens (including phenoxy) is 1. The van der Waals surface area contributed by atoms with Gasteiger partial charge in [0.25, 0.3) is 25.8 Å². The Hall–Kier alpha value is -7.05. The van der Waals surface area contributed by atoms with Gasteiger partial charge in [0.1, 0.15) is 27.7 Å². The van der Waals surface area contributed by atoms with E-state index in [1.54, 1.807) is 13.0 Å². The monoisotopic (exact) mass is 871 g/mol. The number of nitrogens with one attached hydrogen (secondary N) is 1. The van der Waals surface area contributed by atoms with Crippen molar-refractivity contribution < 1.29 is 45.7 Å². The van der Waals surface area contributed by atoms with Crippen LogP contribution in [0, 0.1) is 6.92 Å². The van der Waals surface area contributed by atoms with E-state index in [1.165, 1.54) is 59.9 Å². The third kappa shape index (κ3) is 9.14. The van der Waals surface area contributed by atoms with Crippen LogP contribution < -0.4 is 10.3 Å². The van der Waals surface area contributed by atoms with Crippen molar-refractivity contribution in [2.24, 2.45) is 30.7 Å². The largest absolute Gasteiger partial charge is 0.505 e. The number of carbonyl (C=O) groups is 1. The molecule has 306 valence electrons. The van der Waals surface area contributed by atoms with Crippen LogP contribution in [0.2, 0.25) is 0 Å². The molecule has 5 aromatic carbocycles. The Bertz CT molecular complexity index is 3180. The molecule has 7 aromatic rings. The van der Waals surface area contributed by atoms with Crippen LogP contribution in [0.5, 0.6) is 11.5 Å². The van der Waals surface area contributed by atoms with Crippen LogP contribution in [0.4, 0.5) is 33.6 Å². The van der Waals surface area contributed by atoms with Crippen molar-refractivity contribution in [2.45, 2.75) is 18.2 Å². The Morgan fingerprint density at radius 2 is 1.52 bits per heavy atom. The van der Waals surface area contributed by atoms with E-state index in [-0.39, 0.29) is 63.6 Å². The summed E-state index contributed by atoms with van der Waals surface area (Å²) in [5.74, 6) is -2.20. The maximum absolute atomic E-state index is 13.0. The second kappa shape index (κ2) is 16.7. The van der Waals surface area contributed by atoms with E-state index < -0.39 is 48.2 Å². The first kappa shape index (κ1) is 41.1. The number of aromatic hydroxyl groups is 1. The molecule has 2 heterocycles. The van der Waals surface area contributed by atoms with E-state index in [0.717, 1.165) is 27.2 Å². The number of aryl methyl sites for hydroxylation is 1. The summed E-state index contributed by atoms with van der Waals surface area (Å²) in [6, 6.07) is 21.0. The molecular formula is C37H29N9O11S3. The van der Waals surface area contributed by atoms with Crippen molar-refractivity contribution in [2.75, 3.05) is 12.4 Å². The van der Waals surface area contributed by atoms with Crippen LogP contribution in [0.3, 0.4) is 0 Å². The number of para-hydroxylation sites is 1. The minimum atomic E-state index is -5.03. The number of aromatic amines is 1. The fourth-order valence-corrected chi connectivity index (χ4v) is 7.87. The normalized spacial score (nSPS) is 12.4. The summed E-state index contributed by atoms with van der Waals surface area (Å²) in [5, 5.41) is 48.1. The number of carboxylic acids is 1. The third-order valence-electron chi connectivity index (χ3n) is 8.58. The molecule has 0 unspecified atom stereocenters. The van der Waals surface area contributed by atoms with Crippen molar-refractivity contribution in [3.63, 3.8) is 0 Å². The second-order valence-corrected chi connectivity index (χ2v) is 16.7. The molecule has 0 amide bonds. The average molecular weight is 872 g/mol. The number of aromatic carboxylic acids is 1. The number of phenols is 1. The molecule has 0 fully saturated rings. The lowest BCUT2D eigenvalue weighted by Gasteiger charge is -2.11. The van der Waals surface area contributed by atoms with Crippen molar-refractivity contribution >= 4 is 92.1 Å². The highest BCUT2D eigenvalue weighted by Crippen LogP contribution is 2.43. The highest BCUT2D eigenvalue weighted by molar-refractivity contribution is 7.86. The fourth-order valence-electron chi connectivity index (χ4n) is 5.77. The van der Waals surface area contributed by atoms with Crippen molar-refractivity contribution in [1.29, 1.82) is 0 Å². The van der Waals surface area contributed by atoms with Gasteiger partial charge in [-0.15, -0.1) is 30.7 Å². The molecular weight excluding hydrogens is 843 g/mol. The molecule has 0 radical (unpaired) electrons. The smallest absolute Gasteiger partial charge is 0.335 e. The van der Waals surface area contributed by atoms with Crippen LogP contribution in [0.15, 0.2) is 132 Å². The molecule has 20 nitrogen and oxygen atoms in total. The number of azo groups is 3. The highest BCUT2D eigenvalue weighted by Gasteiger charge is 2.23. The van der Waals surface area contributed by atoms with Crippen LogP contribution in [0.25, 0.3) is 26.7 Å². The zero-order chi connectivity index (χ0) is 42.8. The molecule has 23 heteroatoms. The van der Waals surface area contributed by atoms with E-state index in [0.29, 0.717) is 16.4 Å². The van der Waals surface area contributed by atoms with Crippen LogP contribution in [-0.2, 0) is 20.2 Å². The topological polar surface area (TPSA) is 300 Å². The predicted octanol–water partition coefficient (Wildman–Crippen LogP) is 8.79. The van der Waals surface area contributed by atoms with Gasteiger partial charge < -0.3 is 14.9 Å². The standard InChI is InChI=1S/C37H29N9O11S3/c1-20-16-29(31(57-14-5-15-59(51,52)53)18-28(20)42-45-37-39-25-8-2-3-9-32(25)58-37)43-40-26-12-11-24-23(33(26)47)10-13-27(34(24)60(54,55)56)41-44-30-19-38-46(35(30)48)22-7-4-6-21(17-22)36(49)50/h2-4,6-13,16-19,38,47H,5,14-15H2,1H3,(H,49,50)(H,51,52,53)(H,54,55,56). The van der Waals surface area contributed by atoms with E-state index in [9.17, 15) is 41.2 Å². The summed E-state index contributed by atoms with van der Waals surface area (Å²) in [7, 11) is -9.28. The quantitative estimate of drug-likeness (QED) is 0.0389.